The number of likely N-dealkylation sites (tertiary alicyclic amines) is 1. The smallest absolute Gasteiger partial charge is 0.306 e. The number of carbonyl (C=O) groups excluding carboxylic acids is 3. The van der Waals surface area contributed by atoms with Crippen molar-refractivity contribution in [3.63, 3.8) is 0 Å². The first-order chi connectivity index (χ1) is 12.0. The van der Waals surface area contributed by atoms with Crippen LogP contribution in [-0.4, -0.2) is 48.4 Å². The van der Waals surface area contributed by atoms with Crippen LogP contribution in [0.2, 0.25) is 0 Å². The highest BCUT2D eigenvalue weighted by Crippen LogP contribution is 2.14. The average molecular weight is 411 g/mol. The second-order valence-electron chi connectivity index (χ2n) is 5.94. The Morgan fingerprint density at radius 1 is 1.16 bits per heavy atom. The maximum atomic E-state index is 12.2. The lowest BCUT2D eigenvalue weighted by Gasteiger charge is -2.32. The molecular weight excluding hydrogens is 388 g/mol. The molecule has 1 N–H and O–H groups in total. The number of amides is 2. The molecule has 2 amide bonds. The summed E-state index contributed by atoms with van der Waals surface area (Å²) in [6.07, 6.45) is 1.72. The van der Waals surface area contributed by atoms with Crippen LogP contribution in [-0.2, 0) is 14.3 Å². The SMILES string of the molecule is CCOC(=O)CCC(=O)N1CCC(NC(=O)c2ccc(Br)cc2)CC1. The highest BCUT2D eigenvalue weighted by Gasteiger charge is 2.24. The zero-order valence-electron chi connectivity index (χ0n) is 14.3. The molecular formula is C18H23BrN2O4. The van der Waals surface area contributed by atoms with E-state index in [1.54, 1.807) is 24.0 Å². The Morgan fingerprint density at radius 3 is 2.40 bits per heavy atom. The Balaban J connectivity index is 1.73. The molecule has 1 aliphatic rings. The van der Waals surface area contributed by atoms with E-state index < -0.39 is 0 Å². The molecule has 6 nitrogen and oxygen atoms in total. The number of ether oxygens (including phenoxy) is 1. The lowest BCUT2D eigenvalue weighted by molar-refractivity contribution is -0.145. The summed E-state index contributed by atoms with van der Waals surface area (Å²) in [5.41, 5.74) is 0.621. The van der Waals surface area contributed by atoms with Gasteiger partial charge in [-0.2, -0.15) is 0 Å². The molecule has 1 fully saturated rings. The first-order valence-electron chi connectivity index (χ1n) is 8.49. The summed E-state index contributed by atoms with van der Waals surface area (Å²) in [7, 11) is 0. The van der Waals surface area contributed by atoms with E-state index in [9.17, 15) is 14.4 Å². The monoisotopic (exact) mass is 410 g/mol. The van der Waals surface area contributed by atoms with Crippen molar-refractivity contribution in [3.05, 3.63) is 34.3 Å². The average Bonchev–Trinajstić information content (AvgIpc) is 2.61. The quantitative estimate of drug-likeness (QED) is 0.730. The van der Waals surface area contributed by atoms with Gasteiger partial charge in [0, 0.05) is 35.6 Å². The van der Waals surface area contributed by atoms with Crippen molar-refractivity contribution in [1.29, 1.82) is 0 Å². The minimum absolute atomic E-state index is 0.0364. The molecule has 0 unspecified atom stereocenters. The first-order valence-corrected chi connectivity index (χ1v) is 9.28. The van der Waals surface area contributed by atoms with Gasteiger partial charge in [0.05, 0.1) is 13.0 Å². The zero-order chi connectivity index (χ0) is 18.2. The number of carbonyl (C=O) groups is 3. The summed E-state index contributed by atoms with van der Waals surface area (Å²) in [5.74, 6) is -0.474. The lowest BCUT2D eigenvalue weighted by Crippen LogP contribution is -2.46. The molecule has 1 aliphatic heterocycles. The molecule has 0 saturated carbocycles. The standard InChI is InChI=1S/C18H23BrN2O4/c1-2-25-17(23)8-7-16(22)21-11-9-15(10-12-21)20-18(24)13-3-5-14(19)6-4-13/h3-6,15H,2,7-12H2,1H3,(H,20,24). The third-order valence-corrected chi connectivity index (χ3v) is 4.67. The van der Waals surface area contributed by atoms with Gasteiger partial charge in [-0.15, -0.1) is 0 Å². The van der Waals surface area contributed by atoms with E-state index in [1.165, 1.54) is 0 Å². The molecule has 1 heterocycles. The summed E-state index contributed by atoms with van der Waals surface area (Å²) in [4.78, 5) is 37.4. The largest absolute Gasteiger partial charge is 0.466 e. The first kappa shape index (κ1) is 19.4. The molecule has 1 aromatic carbocycles. The van der Waals surface area contributed by atoms with Crippen LogP contribution in [0.25, 0.3) is 0 Å². The fourth-order valence-electron chi connectivity index (χ4n) is 2.74. The van der Waals surface area contributed by atoms with Crippen LogP contribution >= 0.6 is 15.9 Å². The Bertz CT molecular complexity index is 610. The molecule has 0 atom stereocenters. The Hall–Kier alpha value is -1.89. The van der Waals surface area contributed by atoms with E-state index in [1.807, 2.05) is 12.1 Å². The number of rotatable bonds is 6. The zero-order valence-corrected chi connectivity index (χ0v) is 15.9. The summed E-state index contributed by atoms with van der Waals surface area (Å²) in [5, 5.41) is 3.01. The number of halogens is 1. The summed E-state index contributed by atoms with van der Waals surface area (Å²) in [6, 6.07) is 7.27. The van der Waals surface area contributed by atoms with Gasteiger partial charge < -0.3 is 15.0 Å². The number of nitrogens with zero attached hydrogens (tertiary/aromatic N) is 1. The molecule has 1 saturated heterocycles. The fraction of sp³-hybridized carbons (Fsp3) is 0.500. The molecule has 0 bridgehead atoms. The maximum absolute atomic E-state index is 12.2. The van der Waals surface area contributed by atoms with Crippen LogP contribution in [0.3, 0.4) is 0 Å². The highest BCUT2D eigenvalue weighted by atomic mass is 79.9. The second kappa shape index (κ2) is 9.56. The fourth-order valence-corrected chi connectivity index (χ4v) is 3.01. The minimum atomic E-state index is -0.340. The van der Waals surface area contributed by atoms with Gasteiger partial charge in [0.25, 0.3) is 5.91 Å². The van der Waals surface area contributed by atoms with E-state index in [-0.39, 0.29) is 36.7 Å². The number of nitrogens with one attached hydrogen (secondary N) is 1. The second-order valence-corrected chi connectivity index (χ2v) is 6.86. The van der Waals surface area contributed by atoms with Gasteiger partial charge in [0.2, 0.25) is 5.91 Å². The van der Waals surface area contributed by atoms with Gasteiger partial charge in [-0.05, 0) is 44.0 Å². The van der Waals surface area contributed by atoms with Gasteiger partial charge in [-0.25, -0.2) is 0 Å². The van der Waals surface area contributed by atoms with Crippen molar-refractivity contribution in [1.82, 2.24) is 10.2 Å². The number of piperidine rings is 1. The van der Waals surface area contributed by atoms with Gasteiger partial charge in [0.15, 0.2) is 0 Å². The summed E-state index contributed by atoms with van der Waals surface area (Å²) in [6.45, 7) is 3.25. The van der Waals surface area contributed by atoms with E-state index in [4.69, 9.17) is 4.74 Å². The number of hydrogen-bond acceptors (Lipinski definition) is 4. The Morgan fingerprint density at radius 2 is 1.80 bits per heavy atom. The van der Waals surface area contributed by atoms with Gasteiger partial charge in [-0.1, -0.05) is 15.9 Å². The third kappa shape index (κ3) is 6.16. The van der Waals surface area contributed by atoms with Crippen LogP contribution < -0.4 is 5.32 Å². The normalized spacial score (nSPS) is 14.9. The number of hydrogen-bond donors (Lipinski definition) is 1. The molecule has 7 heteroatoms. The molecule has 0 aromatic heterocycles. The van der Waals surface area contributed by atoms with Crippen LogP contribution in [0, 0.1) is 0 Å². The topological polar surface area (TPSA) is 75.7 Å². The van der Waals surface area contributed by atoms with Crippen LogP contribution in [0.15, 0.2) is 28.7 Å². The van der Waals surface area contributed by atoms with E-state index in [2.05, 4.69) is 21.2 Å². The van der Waals surface area contributed by atoms with Crippen molar-refractivity contribution in [2.24, 2.45) is 0 Å². The maximum Gasteiger partial charge on any atom is 0.306 e. The van der Waals surface area contributed by atoms with Crippen molar-refractivity contribution < 1.29 is 19.1 Å². The van der Waals surface area contributed by atoms with Crippen molar-refractivity contribution in [2.75, 3.05) is 19.7 Å². The van der Waals surface area contributed by atoms with E-state index in [0.29, 0.717) is 38.1 Å². The molecule has 25 heavy (non-hydrogen) atoms. The van der Waals surface area contributed by atoms with Crippen molar-refractivity contribution in [3.8, 4) is 0 Å². The number of esters is 1. The molecule has 0 aliphatic carbocycles. The van der Waals surface area contributed by atoms with Gasteiger partial charge in [0.1, 0.15) is 0 Å². The summed E-state index contributed by atoms with van der Waals surface area (Å²) >= 11 is 3.35. The molecule has 1 aromatic rings. The van der Waals surface area contributed by atoms with Crippen molar-refractivity contribution in [2.45, 2.75) is 38.6 Å². The molecule has 0 spiro atoms. The Labute approximate surface area is 156 Å². The third-order valence-electron chi connectivity index (χ3n) is 4.14. The van der Waals surface area contributed by atoms with Gasteiger partial charge in [-0.3, -0.25) is 14.4 Å². The highest BCUT2D eigenvalue weighted by molar-refractivity contribution is 9.10. The molecule has 136 valence electrons. The predicted molar refractivity (Wildman–Crippen MR) is 97.1 cm³/mol. The van der Waals surface area contributed by atoms with Crippen LogP contribution in [0.1, 0.15) is 43.0 Å². The minimum Gasteiger partial charge on any atom is -0.466 e. The number of benzene rings is 1. The van der Waals surface area contributed by atoms with E-state index >= 15 is 0 Å². The predicted octanol–water partition coefficient (Wildman–Crippen LogP) is 2.51. The summed E-state index contributed by atoms with van der Waals surface area (Å²) < 4.78 is 5.76. The van der Waals surface area contributed by atoms with Crippen molar-refractivity contribution >= 4 is 33.7 Å². The lowest BCUT2D eigenvalue weighted by atomic mass is 10.0. The van der Waals surface area contributed by atoms with E-state index in [0.717, 1.165) is 4.47 Å². The Kier molecular flexibility index (Phi) is 7.43. The molecule has 0 radical (unpaired) electrons. The van der Waals surface area contributed by atoms with Crippen LogP contribution in [0.5, 0.6) is 0 Å². The molecule has 2 rings (SSSR count). The van der Waals surface area contributed by atoms with Gasteiger partial charge >= 0.3 is 5.97 Å². The van der Waals surface area contributed by atoms with Crippen LogP contribution in [0.4, 0.5) is 0 Å².